The Morgan fingerprint density at radius 1 is 1.32 bits per heavy atom. The monoisotopic (exact) mass is 269 g/mol. The van der Waals surface area contributed by atoms with Crippen LogP contribution in [0.1, 0.15) is 29.8 Å². The van der Waals surface area contributed by atoms with E-state index in [9.17, 15) is 9.18 Å². The summed E-state index contributed by atoms with van der Waals surface area (Å²) in [5.74, 6) is -0.997. The second kappa shape index (κ2) is 7.86. The van der Waals surface area contributed by atoms with Gasteiger partial charge in [0.05, 0.1) is 12.1 Å². The Morgan fingerprint density at radius 2 is 1.95 bits per heavy atom. The Morgan fingerprint density at radius 3 is 2.47 bits per heavy atom. The van der Waals surface area contributed by atoms with Gasteiger partial charge in [-0.3, -0.25) is 4.79 Å². The van der Waals surface area contributed by atoms with Gasteiger partial charge in [-0.2, -0.15) is 0 Å². The first-order chi connectivity index (χ1) is 9.08. The van der Waals surface area contributed by atoms with E-state index < -0.39 is 18.0 Å². The number of nitrogens with one attached hydrogen (secondary N) is 1. The van der Waals surface area contributed by atoms with Gasteiger partial charge < -0.3 is 14.8 Å². The zero-order valence-corrected chi connectivity index (χ0v) is 11.5. The average Bonchev–Trinajstić information content (AvgIpc) is 2.36. The number of amides is 1. The van der Waals surface area contributed by atoms with Crippen LogP contribution in [0.2, 0.25) is 0 Å². The van der Waals surface area contributed by atoms with Gasteiger partial charge in [0.25, 0.3) is 5.91 Å². The van der Waals surface area contributed by atoms with Gasteiger partial charge in [-0.1, -0.05) is 6.07 Å². The van der Waals surface area contributed by atoms with E-state index in [1.165, 1.54) is 12.1 Å². The fourth-order valence-electron chi connectivity index (χ4n) is 1.61. The fourth-order valence-corrected chi connectivity index (χ4v) is 1.61. The lowest BCUT2D eigenvalue weighted by atomic mass is 10.1. The standard InChI is InChI=1S/C14H20FNO3/c1-4-18-13(19-5-2)9-16-14(17)11-7-6-10(3)8-12(11)15/h6-8,13H,4-5,9H2,1-3H3,(H,16,17). The maximum absolute atomic E-state index is 13.6. The van der Waals surface area contributed by atoms with Crippen LogP contribution in [0.4, 0.5) is 4.39 Å². The molecule has 0 radical (unpaired) electrons. The Kier molecular flexibility index (Phi) is 6.45. The van der Waals surface area contributed by atoms with E-state index >= 15 is 0 Å². The van der Waals surface area contributed by atoms with Gasteiger partial charge in [0.15, 0.2) is 6.29 Å². The summed E-state index contributed by atoms with van der Waals surface area (Å²) in [5.41, 5.74) is 0.799. The number of ether oxygens (including phenoxy) is 2. The summed E-state index contributed by atoms with van der Waals surface area (Å²) >= 11 is 0. The Labute approximate surface area is 112 Å². The van der Waals surface area contributed by atoms with Crippen LogP contribution in [0.25, 0.3) is 0 Å². The van der Waals surface area contributed by atoms with Gasteiger partial charge in [-0.05, 0) is 38.5 Å². The van der Waals surface area contributed by atoms with E-state index in [0.29, 0.717) is 13.2 Å². The molecule has 106 valence electrons. The molecule has 0 aliphatic rings. The normalized spacial score (nSPS) is 10.8. The van der Waals surface area contributed by atoms with Crippen molar-refractivity contribution in [3.63, 3.8) is 0 Å². The zero-order valence-electron chi connectivity index (χ0n) is 11.5. The molecule has 0 unspecified atom stereocenters. The minimum atomic E-state index is -0.526. The molecule has 0 bridgehead atoms. The summed E-state index contributed by atoms with van der Waals surface area (Å²) in [4.78, 5) is 11.8. The summed E-state index contributed by atoms with van der Waals surface area (Å²) in [6.45, 7) is 6.61. The minimum absolute atomic E-state index is 0.0253. The van der Waals surface area contributed by atoms with Crippen LogP contribution in [0.5, 0.6) is 0 Å². The third-order valence-electron chi connectivity index (χ3n) is 2.50. The molecule has 0 aliphatic carbocycles. The van der Waals surface area contributed by atoms with Crippen LogP contribution in [0, 0.1) is 12.7 Å². The summed E-state index contributed by atoms with van der Waals surface area (Å²) in [5, 5.41) is 2.60. The van der Waals surface area contributed by atoms with Crippen LogP contribution >= 0.6 is 0 Å². The molecule has 1 aromatic carbocycles. The molecular formula is C14H20FNO3. The predicted octanol–water partition coefficient (Wildman–Crippen LogP) is 2.26. The maximum Gasteiger partial charge on any atom is 0.254 e. The quantitative estimate of drug-likeness (QED) is 0.772. The second-order valence-electron chi connectivity index (χ2n) is 4.03. The molecule has 1 N–H and O–H groups in total. The third-order valence-corrected chi connectivity index (χ3v) is 2.50. The Balaban J connectivity index is 2.58. The predicted molar refractivity (Wildman–Crippen MR) is 70.5 cm³/mol. The van der Waals surface area contributed by atoms with Gasteiger partial charge in [-0.15, -0.1) is 0 Å². The van der Waals surface area contributed by atoms with Crippen molar-refractivity contribution in [2.24, 2.45) is 0 Å². The van der Waals surface area contributed by atoms with Crippen molar-refractivity contribution in [1.29, 1.82) is 0 Å². The Bertz CT molecular complexity index is 417. The highest BCUT2D eigenvalue weighted by Crippen LogP contribution is 2.09. The number of aryl methyl sites for hydroxylation is 1. The molecule has 0 heterocycles. The number of carbonyl (C=O) groups excluding carboxylic acids is 1. The van der Waals surface area contributed by atoms with Gasteiger partial charge >= 0.3 is 0 Å². The van der Waals surface area contributed by atoms with Crippen molar-refractivity contribution in [1.82, 2.24) is 5.32 Å². The van der Waals surface area contributed by atoms with Crippen LogP contribution in [0.3, 0.4) is 0 Å². The first-order valence-electron chi connectivity index (χ1n) is 6.36. The van der Waals surface area contributed by atoms with Crippen LogP contribution in [0.15, 0.2) is 18.2 Å². The van der Waals surface area contributed by atoms with Crippen molar-refractivity contribution in [3.8, 4) is 0 Å². The van der Waals surface area contributed by atoms with Gasteiger partial charge in [0, 0.05) is 13.2 Å². The van der Waals surface area contributed by atoms with E-state index in [1.54, 1.807) is 13.0 Å². The lowest BCUT2D eigenvalue weighted by molar-refractivity contribution is -0.131. The van der Waals surface area contributed by atoms with Crippen molar-refractivity contribution < 1.29 is 18.7 Å². The molecular weight excluding hydrogens is 249 g/mol. The van der Waals surface area contributed by atoms with Crippen LogP contribution in [-0.4, -0.2) is 32.0 Å². The topological polar surface area (TPSA) is 47.6 Å². The fraction of sp³-hybridized carbons (Fsp3) is 0.500. The van der Waals surface area contributed by atoms with E-state index in [4.69, 9.17) is 9.47 Å². The van der Waals surface area contributed by atoms with Crippen LogP contribution in [-0.2, 0) is 9.47 Å². The number of hydrogen-bond donors (Lipinski definition) is 1. The first-order valence-corrected chi connectivity index (χ1v) is 6.36. The molecule has 1 aromatic rings. The summed E-state index contributed by atoms with van der Waals surface area (Å²) in [6.07, 6.45) is -0.507. The van der Waals surface area contributed by atoms with Crippen molar-refractivity contribution in [3.05, 3.63) is 35.1 Å². The maximum atomic E-state index is 13.6. The molecule has 0 saturated carbocycles. The molecule has 0 atom stereocenters. The molecule has 0 spiro atoms. The first kappa shape index (κ1) is 15.6. The van der Waals surface area contributed by atoms with Gasteiger partial charge in [0.1, 0.15) is 5.82 Å². The molecule has 0 aliphatic heterocycles. The zero-order chi connectivity index (χ0) is 14.3. The molecule has 1 amide bonds. The smallest absolute Gasteiger partial charge is 0.254 e. The Hall–Kier alpha value is -1.46. The average molecular weight is 269 g/mol. The highest BCUT2D eigenvalue weighted by atomic mass is 19.1. The number of carbonyl (C=O) groups is 1. The number of halogens is 1. The summed E-state index contributed by atoms with van der Waals surface area (Å²) < 4.78 is 24.2. The molecule has 5 heteroatoms. The highest BCUT2D eigenvalue weighted by Gasteiger charge is 2.14. The van der Waals surface area contributed by atoms with E-state index in [0.717, 1.165) is 5.56 Å². The highest BCUT2D eigenvalue weighted by molar-refractivity contribution is 5.94. The van der Waals surface area contributed by atoms with Gasteiger partial charge in [0.2, 0.25) is 0 Å². The lowest BCUT2D eigenvalue weighted by Crippen LogP contribution is -2.35. The molecule has 0 aromatic heterocycles. The van der Waals surface area contributed by atoms with Crippen molar-refractivity contribution in [2.75, 3.05) is 19.8 Å². The summed E-state index contributed by atoms with van der Waals surface area (Å²) in [7, 11) is 0. The van der Waals surface area contributed by atoms with Crippen LogP contribution < -0.4 is 5.32 Å². The molecule has 1 rings (SSSR count). The number of benzene rings is 1. The molecule has 4 nitrogen and oxygen atoms in total. The number of hydrogen-bond acceptors (Lipinski definition) is 3. The minimum Gasteiger partial charge on any atom is -0.351 e. The molecule has 0 saturated heterocycles. The SMILES string of the molecule is CCOC(CNC(=O)c1ccc(C)cc1F)OCC. The van der Waals surface area contributed by atoms with Crippen molar-refractivity contribution in [2.45, 2.75) is 27.1 Å². The second-order valence-corrected chi connectivity index (χ2v) is 4.03. The summed E-state index contributed by atoms with van der Waals surface area (Å²) in [6, 6.07) is 4.49. The van der Waals surface area contributed by atoms with E-state index in [1.807, 2.05) is 13.8 Å². The third kappa shape index (κ3) is 4.96. The lowest BCUT2D eigenvalue weighted by Gasteiger charge is -2.17. The van der Waals surface area contributed by atoms with E-state index in [-0.39, 0.29) is 12.1 Å². The largest absolute Gasteiger partial charge is 0.351 e. The van der Waals surface area contributed by atoms with E-state index in [2.05, 4.69) is 5.32 Å². The number of rotatable bonds is 7. The molecule has 19 heavy (non-hydrogen) atoms. The van der Waals surface area contributed by atoms with Crippen molar-refractivity contribution >= 4 is 5.91 Å². The van der Waals surface area contributed by atoms with Gasteiger partial charge in [-0.25, -0.2) is 4.39 Å². The molecule has 0 fully saturated rings.